The minimum absolute atomic E-state index is 0.400. The lowest BCUT2D eigenvalue weighted by Crippen LogP contribution is -2.09. The van der Waals surface area contributed by atoms with E-state index in [4.69, 9.17) is 0 Å². The molecule has 0 radical (unpaired) electrons. The molecule has 0 saturated heterocycles. The van der Waals surface area contributed by atoms with Crippen LogP contribution in [0.2, 0.25) is 0 Å². The van der Waals surface area contributed by atoms with Crippen molar-refractivity contribution in [2.45, 2.75) is 5.66 Å². The molecule has 0 spiro atoms. The van der Waals surface area contributed by atoms with Crippen molar-refractivity contribution in [3.05, 3.63) is 144 Å². The molecule has 0 fully saturated rings. The van der Waals surface area contributed by atoms with Crippen LogP contribution in [0.5, 0.6) is 0 Å². The molecular weight excluding hydrogens is 386 g/mol. The second-order valence-electron chi connectivity index (χ2n) is 6.78. The summed E-state index contributed by atoms with van der Waals surface area (Å²) in [7, 11) is 0.203. The lowest BCUT2D eigenvalue weighted by Gasteiger charge is -2.18. The minimum Gasteiger partial charge on any atom is -0.0860 e. The second kappa shape index (κ2) is 10.3. The zero-order chi connectivity index (χ0) is 19.7. The molecule has 29 heavy (non-hydrogen) atoms. The highest BCUT2D eigenvalue weighted by Crippen LogP contribution is 2.44. The normalized spacial score (nSPS) is 11.8. The van der Waals surface area contributed by atoms with Crippen molar-refractivity contribution in [1.82, 2.24) is 0 Å². The molecule has 142 valence electrons. The topological polar surface area (TPSA) is 0 Å². The van der Waals surface area contributed by atoms with Gasteiger partial charge in [-0.3, -0.25) is 0 Å². The molecule has 0 aliphatic heterocycles. The minimum atomic E-state index is -0.493. The highest BCUT2D eigenvalue weighted by atomic mass is 31.1. The van der Waals surface area contributed by atoms with E-state index in [9.17, 15) is 0 Å². The van der Waals surface area contributed by atoms with Crippen LogP contribution in [-0.2, 0) is 0 Å². The molecule has 1 unspecified atom stereocenters. The Morgan fingerprint density at radius 1 is 0.517 bits per heavy atom. The maximum absolute atomic E-state index is 2.44. The molecule has 0 aliphatic rings. The van der Waals surface area contributed by atoms with Gasteiger partial charge in [-0.15, -0.1) is 0 Å². The van der Waals surface area contributed by atoms with Crippen LogP contribution in [0, 0.1) is 0 Å². The molecule has 2 heteroatoms. The summed E-state index contributed by atoms with van der Waals surface area (Å²) in [5, 5.41) is 2.79. The van der Waals surface area contributed by atoms with Crippen molar-refractivity contribution in [2.24, 2.45) is 0 Å². The Morgan fingerprint density at radius 2 is 0.897 bits per heavy atom. The maximum Gasteiger partial charge on any atom is 0.0298 e. The van der Waals surface area contributed by atoms with Crippen LogP contribution < -0.4 is 10.6 Å². The standard InChI is InChI=1S/C27H24P2/c1-5-13-23(14-6-1)27(24-15-7-2-8-16-24)28-21-22-29(25-17-9-3-10-18-25)26-19-11-4-12-20-26/h1-22,27-28H. The molecule has 0 heterocycles. The lowest BCUT2D eigenvalue weighted by atomic mass is 10.0. The second-order valence-corrected chi connectivity index (χ2v) is 10.1. The van der Waals surface area contributed by atoms with Gasteiger partial charge in [-0.2, -0.15) is 0 Å². The molecule has 1 atom stereocenters. The summed E-state index contributed by atoms with van der Waals surface area (Å²) in [5.74, 6) is 4.85. The molecule has 0 amide bonds. The van der Waals surface area contributed by atoms with Crippen LogP contribution >= 0.6 is 16.5 Å². The van der Waals surface area contributed by atoms with Gasteiger partial charge in [0, 0.05) is 5.66 Å². The van der Waals surface area contributed by atoms with E-state index in [1.54, 1.807) is 0 Å². The predicted molar refractivity (Wildman–Crippen MR) is 131 cm³/mol. The summed E-state index contributed by atoms with van der Waals surface area (Å²) in [6.45, 7) is 0. The van der Waals surface area contributed by atoms with Gasteiger partial charge in [-0.05, 0) is 29.7 Å². The molecule has 4 aromatic carbocycles. The lowest BCUT2D eigenvalue weighted by molar-refractivity contribution is 1.15. The van der Waals surface area contributed by atoms with Crippen molar-refractivity contribution in [2.75, 3.05) is 0 Å². The highest BCUT2D eigenvalue weighted by molar-refractivity contribution is 7.76. The fourth-order valence-corrected chi connectivity index (χ4v) is 6.92. The van der Waals surface area contributed by atoms with Gasteiger partial charge >= 0.3 is 0 Å². The molecule has 0 aliphatic carbocycles. The molecule has 0 N–H and O–H groups in total. The largest absolute Gasteiger partial charge is 0.0860 e. The van der Waals surface area contributed by atoms with E-state index >= 15 is 0 Å². The van der Waals surface area contributed by atoms with Crippen molar-refractivity contribution in [1.29, 1.82) is 0 Å². The predicted octanol–water partition coefficient (Wildman–Crippen LogP) is 7.06. The summed E-state index contributed by atoms with van der Waals surface area (Å²) < 4.78 is 0. The highest BCUT2D eigenvalue weighted by Gasteiger charge is 2.14. The molecule has 4 aromatic rings. The zero-order valence-corrected chi connectivity index (χ0v) is 18.1. The molecular formula is C27H24P2. The zero-order valence-electron chi connectivity index (χ0n) is 16.2. The van der Waals surface area contributed by atoms with E-state index in [1.807, 2.05) is 0 Å². The van der Waals surface area contributed by atoms with Gasteiger partial charge in [0.1, 0.15) is 0 Å². The first-order valence-electron chi connectivity index (χ1n) is 9.84. The average molecular weight is 410 g/mol. The first kappa shape index (κ1) is 19.8. The Balaban J connectivity index is 1.62. The first-order valence-corrected chi connectivity index (χ1v) is 12.4. The summed E-state index contributed by atoms with van der Waals surface area (Å²) in [5.41, 5.74) is 3.16. The third-order valence-electron chi connectivity index (χ3n) is 4.82. The summed E-state index contributed by atoms with van der Waals surface area (Å²) in [4.78, 5) is 0. The molecule has 4 rings (SSSR count). The van der Waals surface area contributed by atoms with E-state index in [0.29, 0.717) is 14.2 Å². The van der Waals surface area contributed by atoms with Gasteiger partial charge in [-0.25, -0.2) is 0 Å². The molecule has 0 bridgehead atoms. The molecule has 0 nitrogen and oxygen atoms in total. The Labute approximate surface area is 176 Å². The van der Waals surface area contributed by atoms with Gasteiger partial charge in [0.05, 0.1) is 0 Å². The van der Waals surface area contributed by atoms with Gasteiger partial charge in [0.2, 0.25) is 0 Å². The van der Waals surface area contributed by atoms with Crippen LogP contribution in [-0.4, -0.2) is 0 Å². The van der Waals surface area contributed by atoms with Crippen molar-refractivity contribution in [3.8, 4) is 0 Å². The Morgan fingerprint density at radius 3 is 1.31 bits per heavy atom. The van der Waals surface area contributed by atoms with E-state index in [2.05, 4.69) is 133 Å². The summed E-state index contributed by atoms with van der Waals surface area (Å²) >= 11 is 0. The third kappa shape index (κ3) is 5.30. The van der Waals surface area contributed by atoms with Gasteiger partial charge in [-0.1, -0.05) is 142 Å². The van der Waals surface area contributed by atoms with Crippen LogP contribution in [0.25, 0.3) is 0 Å². The van der Waals surface area contributed by atoms with Crippen LogP contribution in [0.1, 0.15) is 16.8 Å². The Bertz CT molecular complexity index is 934. The van der Waals surface area contributed by atoms with Crippen molar-refractivity contribution >= 4 is 27.1 Å². The average Bonchev–Trinajstić information content (AvgIpc) is 2.81. The van der Waals surface area contributed by atoms with Gasteiger partial charge < -0.3 is 0 Å². The van der Waals surface area contributed by atoms with Gasteiger partial charge in [0.15, 0.2) is 0 Å². The quantitative estimate of drug-likeness (QED) is 0.286. The Kier molecular flexibility index (Phi) is 7.03. The van der Waals surface area contributed by atoms with E-state index in [0.717, 1.165) is 0 Å². The van der Waals surface area contributed by atoms with Crippen molar-refractivity contribution < 1.29 is 0 Å². The number of benzene rings is 4. The van der Waals surface area contributed by atoms with Crippen molar-refractivity contribution in [3.63, 3.8) is 0 Å². The van der Waals surface area contributed by atoms with Crippen LogP contribution in [0.4, 0.5) is 0 Å². The van der Waals surface area contributed by atoms with E-state index in [-0.39, 0.29) is 0 Å². The smallest absolute Gasteiger partial charge is 0.0298 e. The van der Waals surface area contributed by atoms with Gasteiger partial charge in [0.25, 0.3) is 0 Å². The third-order valence-corrected chi connectivity index (χ3v) is 8.62. The number of hydrogen-bond donors (Lipinski definition) is 0. The SMILES string of the molecule is C(=CP(c1ccccc1)c1ccccc1)PC(c1ccccc1)c1ccccc1. The summed E-state index contributed by atoms with van der Waals surface area (Å²) in [6, 6.07) is 43.5. The fourth-order valence-electron chi connectivity index (χ4n) is 3.39. The molecule has 0 saturated carbocycles. The van der Waals surface area contributed by atoms with E-state index in [1.165, 1.54) is 21.7 Å². The monoisotopic (exact) mass is 410 g/mol. The number of hydrogen-bond acceptors (Lipinski definition) is 0. The van der Waals surface area contributed by atoms with Crippen LogP contribution in [0.3, 0.4) is 0 Å². The first-order chi connectivity index (χ1) is 14.4. The molecule has 0 aromatic heterocycles. The van der Waals surface area contributed by atoms with Crippen LogP contribution in [0.15, 0.2) is 133 Å². The summed E-state index contributed by atoms with van der Waals surface area (Å²) in [6.07, 6.45) is 0. The maximum atomic E-state index is 2.44. The van der Waals surface area contributed by atoms with E-state index < -0.39 is 7.92 Å². The number of rotatable bonds is 7. The fraction of sp³-hybridized carbons (Fsp3) is 0.0370. The Hall–Kier alpha value is -2.52.